The average Bonchev–Trinajstić information content (AvgIpc) is 3.13. The number of hydrogen-bond acceptors (Lipinski definition) is 5. The SMILES string of the molecule is CCCn1c(C)cc(/C=C(/C#N)C(=O)Nc2nnc(C(C)C)s2)c1C. The van der Waals surface area contributed by atoms with Crippen molar-refractivity contribution in [2.24, 2.45) is 0 Å². The number of amides is 1. The lowest BCUT2D eigenvalue weighted by Gasteiger charge is -2.07. The number of aryl methyl sites for hydroxylation is 1. The second-order valence-electron chi connectivity index (χ2n) is 6.20. The molecule has 0 bridgehead atoms. The van der Waals surface area contributed by atoms with Gasteiger partial charge in [-0.05, 0) is 38.0 Å². The van der Waals surface area contributed by atoms with E-state index < -0.39 is 5.91 Å². The minimum absolute atomic E-state index is 0.0537. The van der Waals surface area contributed by atoms with Crippen molar-refractivity contribution in [1.29, 1.82) is 5.26 Å². The molecule has 0 aliphatic heterocycles. The Morgan fingerprint density at radius 2 is 2.16 bits per heavy atom. The molecular weight excluding hydrogens is 334 g/mol. The molecule has 1 N–H and O–H groups in total. The zero-order valence-corrected chi connectivity index (χ0v) is 16.1. The minimum atomic E-state index is -0.464. The van der Waals surface area contributed by atoms with Crippen molar-refractivity contribution in [1.82, 2.24) is 14.8 Å². The number of nitrogens with zero attached hydrogens (tertiary/aromatic N) is 4. The van der Waals surface area contributed by atoms with Crippen LogP contribution < -0.4 is 5.32 Å². The highest BCUT2D eigenvalue weighted by Crippen LogP contribution is 2.23. The Morgan fingerprint density at radius 3 is 2.72 bits per heavy atom. The summed E-state index contributed by atoms with van der Waals surface area (Å²) in [6.45, 7) is 11.1. The fourth-order valence-electron chi connectivity index (χ4n) is 2.53. The van der Waals surface area contributed by atoms with Crippen LogP contribution in [0.15, 0.2) is 11.6 Å². The number of carbonyl (C=O) groups excluding carboxylic acids is 1. The van der Waals surface area contributed by atoms with Gasteiger partial charge in [-0.2, -0.15) is 5.26 Å². The van der Waals surface area contributed by atoms with Gasteiger partial charge in [0.15, 0.2) is 0 Å². The van der Waals surface area contributed by atoms with E-state index in [-0.39, 0.29) is 11.5 Å². The number of nitriles is 1. The summed E-state index contributed by atoms with van der Waals surface area (Å²) in [4.78, 5) is 12.4. The highest BCUT2D eigenvalue weighted by Gasteiger charge is 2.15. The number of rotatable bonds is 6. The third-order valence-electron chi connectivity index (χ3n) is 3.88. The third-order valence-corrected chi connectivity index (χ3v) is 5.02. The van der Waals surface area contributed by atoms with Gasteiger partial charge in [-0.25, -0.2) is 0 Å². The summed E-state index contributed by atoms with van der Waals surface area (Å²) < 4.78 is 2.19. The van der Waals surface area contributed by atoms with Crippen LogP contribution in [0.5, 0.6) is 0 Å². The van der Waals surface area contributed by atoms with Crippen LogP contribution >= 0.6 is 11.3 Å². The zero-order valence-electron chi connectivity index (χ0n) is 15.3. The highest BCUT2D eigenvalue weighted by atomic mass is 32.1. The van der Waals surface area contributed by atoms with Crippen LogP contribution in [0.25, 0.3) is 6.08 Å². The Bertz CT molecular complexity index is 838. The van der Waals surface area contributed by atoms with Gasteiger partial charge in [-0.15, -0.1) is 10.2 Å². The van der Waals surface area contributed by atoms with E-state index in [9.17, 15) is 10.1 Å². The third kappa shape index (κ3) is 4.34. The van der Waals surface area contributed by atoms with Crippen molar-refractivity contribution < 1.29 is 4.79 Å². The Labute approximate surface area is 152 Å². The van der Waals surface area contributed by atoms with Crippen molar-refractivity contribution in [3.05, 3.63) is 33.6 Å². The Balaban J connectivity index is 2.23. The average molecular weight is 357 g/mol. The van der Waals surface area contributed by atoms with E-state index in [4.69, 9.17) is 0 Å². The first-order valence-corrected chi connectivity index (χ1v) is 9.12. The lowest BCUT2D eigenvalue weighted by Crippen LogP contribution is -2.13. The van der Waals surface area contributed by atoms with E-state index in [1.807, 2.05) is 39.8 Å². The second-order valence-corrected chi connectivity index (χ2v) is 7.21. The summed E-state index contributed by atoms with van der Waals surface area (Å²) in [6.07, 6.45) is 2.66. The van der Waals surface area contributed by atoms with Gasteiger partial charge in [0.2, 0.25) is 5.13 Å². The van der Waals surface area contributed by atoms with E-state index in [1.165, 1.54) is 11.3 Å². The van der Waals surface area contributed by atoms with E-state index >= 15 is 0 Å². The van der Waals surface area contributed by atoms with E-state index in [2.05, 4.69) is 27.0 Å². The molecule has 0 aliphatic rings. The van der Waals surface area contributed by atoms with Crippen molar-refractivity contribution in [3.8, 4) is 6.07 Å². The molecule has 2 aromatic rings. The van der Waals surface area contributed by atoms with Crippen LogP contribution in [0.3, 0.4) is 0 Å². The summed E-state index contributed by atoms with van der Waals surface area (Å²) >= 11 is 1.32. The topological polar surface area (TPSA) is 83.6 Å². The first kappa shape index (κ1) is 18.9. The number of nitrogens with one attached hydrogen (secondary N) is 1. The zero-order chi connectivity index (χ0) is 18.6. The van der Waals surface area contributed by atoms with Crippen LogP contribution in [0.4, 0.5) is 5.13 Å². The molecular formula is C18H23N5OS. The maximum atomic E-state index is 12.4. The van der Waals surface area contributed by atoms with Gasteiger partial charge in [-0.1, -0.05) is 32.1 Å². The molecule has 0 aromatic carbocycles. The lowest BCUT2D eigenvalue weighted by molar-refractivity contribution is -0.112. The highest BCUT2D eigenvalue weighted by molar-refractivity contribution is 7.15. The molecule has 132 valence electrons. The first-order chi connectivity index (χ1) is 11.9. The predicted octanol–water partition coefficient (Wildman–Crippen LogP) is 4.04. The minimum Gasteiger partial charge on any atom is -0.349 e. The number of anilines is 1. The molecule has 0 saturated heterocycles. The van der Waals surface area contributed by atoms with Crippen molar-refractivity contribution in [2.45, 2.75) is 53.5 Å². The predicted molar refractivity (Wildman–Crippen MR) is 100 cm³/mol. The molecule has 2 aromatic heterocycles. The molecule has 2 heterocycles. The van der Waals surface area contributed by atoms with Crippen LogP contribution in [-0.2, 0) is 11.3 Å². The second kappa shape index (κ2) is 8.08. The fourth-order valence-corrected chi connectivity index (χ4v) is 3.27. The van der Waals surface area contributed by atoms with E-state index in [1.54, 1.807) is 6.08 Å². The van der Waals surface area contributed by atoms with Gasteiger partial charge >= 0.3 is 0 Å². The molecule has 0 aliphatic carbocycles. The van der Waals surface area contributed by atoms with Crippen LogP contribution in [0, 0.1) is 25.2 Å². The molecule has 0 saturated carbocycles. The van der Waals surface area contributed by atoms with Crippen LogP contribution in [0.2, 0.25) is 0 Å². The molecule has 0 atom stereocenters. The van der Waals surface area contributed by atoms with Gasteiger partial charge in [0.1, 0.15) is 16.6 Å². The summed E-state index contributed by atoms with van der Waals surface area (Å²) in [5, 5.41) is 21.3. The van der Waals surface area contributed by atoms with Gasteiger partial charge in [-0.3, -0.25) is 10.1 Å². The van der Waals surface area contributed by atoms with Crippen molar-refractivity contribution in [2.75, 3.05) is 5.32 Å². The summed E-state index contributed by atoms with van der Waals surface area (Å²) in [7, 11) is 0. The molecule has 1 amide bonds. The maximum absolute atomic E-state index is 12.4. The van der Waals surface area contributed by atoms with Crippen LogP contribution in [-0.4, -0.2) is 20.7 Å². The van der Waals surface area contributed by atoms with E-state index in [0.717, 1.165) is 34.9 Å². The standard InChI is InChI=1S/C18H23N5OS/c1-6-7-23-12(4)8-14(13(23)5)9-15(10-19)16(24)20-18-22-21-17(25-18)11(2)3/h8-9,11H,6-7H2,1-5H3,(H,20,22,24)/b15-9-. The Hall–Kier alpha value is -2.46. The van der Waals surface area contributed by atoms with Gasteiger partial charge in [0.05, 0.1) is 0 Å². The largest absolute Gasteiger partial charge is 0.349 e. The molecule has 0 fully saturated rings. The quantitative estimate of drug-likeness (QED) is 0.625. The Kier molecular flexibility index (Phi) is 6.10. The summed E-state index contributed by atoms with van der Waals surface area (Å²) in [5.74, 6) is -0.215. The first-order valence-electron chi connectivity index (χ1n) is 8.30. The normalized spacial score (nSPS) is 11.6. The van der Waals surface area contributed by atoms with Gasteiger partial charge in [0.25, 0.3) is 5.91 Å². The molecule has 6 nitrogen and oxygen atoms in total. The fraction of sp³-hybridized carbons (Fsp3) is 0.444. The molecule has 0 radical (unpaired) electrons. The molecule has 25 heavy (non-hydrogen) atoms. The van der Waals surface area contributed by atoms with Gasteiger partial charge in [0, 0.05) is 23.9 Å². The van der Waals surface area contributed by atoms with Gasteiger partial charge < -0.3 is 4.57 Å². The van der Waals surface area contributed by atoms with Crippen LogP contribution in [0.1, 0.15) is 55.1 Å². The van der Waals surface area contributed by atoms with Crippen molar-refractivity contribution >= 4 is 28.5 Å². The molecule has 0 unspecified atom stereocenters. The van der Waals surface area contributed by atoms with Crippen molar-refractivity contribution in [3.63, 3.8) is 0 Å². The maximum Gasteiger partial charge on any atom is 0.268 e. The number of carbonyl (C=O) groups is 1. The smallest absolute Gasteiger partial charge is 0.268 e. The monoisotopic (exact) mass is 357 g/mol. The number of hydrogen-bond donors (Lipinski definition) is 1. The number of aromatic nitrogens is 3. The molecule has 2 rings (SSSR count). The molecule has 0 spiro atoms. The molecule has 7 heteroatoms. The summed E-state index contributed by atoms with van der Waals surface area (Å²) in [5.41, 5.74) is 3.11. The van der Waals surface area contributed by atoms with E-state index in [0.29, 0.717) is 5.13 Å². The summed E-state index contributed by atoms with van der Waals surface area (Å²) in [6, 6.07) is 3.98. The Morgan fingerprint density at radius 1 is 1.44 bits per heavy atom. The lowest BCUT2D eigenvalue weighted by atomic mass is 10.1.